The fourth-order valence-electron chi connectivity index (χ4n) is 1.44. The summed E-state index contributed by atoms with van der Waals surface area (Å²) < 4.78 is 5.01. The lowest BCUT2D eigenvalue weighted by Gasteiger charge is -2.08. The summed E-state index contributed by atoms with van der Waals surface area (Å²) in [4.78, 5) is 11.8. The maximum atomic E-state index is 11.8. The van der Waals surface area contributed by atoms with Crippen molar-refractivity contribution in [1.82, 2.24) is 0 Å². The van der Waals surface area contributed by atoms with E-state index in [4.69, 9.17) is 21.0 Å². The van der Waals surface area contributed by atoms with Gasteiger partial charge in [0.15, 0.2) is 0 Å². The van der Waals surface area contributed by atoms with Gasteiger partial charge in [-0.15, -0.1) is 0 Å². The molecule has 0 amide bonds. The van der Waals surface area contributed by atoms with Crippen molar-refractivity contribution in [3.63, 3.8) is 0 Å². The molecule has 0 aromatic heterocycles. The molecule has 0 saturated heterocycles. The summed E-state index contributed by atoms with van der Waals surface area (Å²) in [5.41, 5.74) is 5.94. The Kier molecular flexibility index (Phi) is 4.71. The molecule has 0 aliphatic rings. The topological polar surface area (TPSA) is 99.9 Å². The molecule has 18 heavy (non-hydrogen) atoms. The van der Waals surface area contributed by atoms with Crippen LogP contribution in [0.15, 0.2) is 12.1 Å². The van der Waals surface area contributed by atoms with Gasteiger partial charge in [-0.2, -0.15) is 10.5 Å². The molecule has 0 saturated carbocycles. The van der Waals surface area contributed by atoms with Gasteiger partial charge in [0.25, 0.3) is 0 Å². The smallest absolute Gasteiger partial charge is 0.340 e. The molecular weight excluding hydrogens is 230 g/mol. The number of nitriles is 2. The van der Waals surface area contributed by atoms with Crippen molar-refractivity contribution in [3.05, 3.63) is 28.8 Å². The minimum atomic E-state index is -0.656. The first-order valence-corrected chi connectivity index (χ1v) is 5.54. The largest absolute Gasteiger partial charge is 0.462 e. The highest BCUT2D eigenvalue weighted by Gasteiger charge is 2.18. The Balaban J connectivity index is 3.11. The van der Waals surface area contributed by atoms with E-state index in [1.807, 2.05) is 19.1 Å². The first-order chi connectivity index (χ1) is 8.63. The van der Waals surface area contributed by atoms with Gasteiger partial charge in [-0.1, -0.05) is 13.3 Å². The number of carbonyl (C=O) groups excluding carboxylic acids is 1. The number of esters is 1. The van der Waals surface area contributed by atoms with E-state index in [1.54, 1.807) is 0 Å². The van der Waals surface area contributed by atoms with Crippen molar-refractivity contribution in [2.75, 3.05) is 12.3 Å². The van der Waals surface area contributed by atoms with Crippen molar-refractivity contribution in [2.45, 2.75) is 19.8 Å². The molecule has 0 atom stereocenters. The van der Waals surface area contributed by atoms with Crippen LogP contribution in [0.3, 0.4) is 0 Å². The molecule has 0 fully saturated rings. The molecule has 1 rings (SSSR count). The molecule has 2 N–H and O–H groups in total. The average molecular weight is 243 g/mol. The molecule has 5 nitrogen and oxygen atoms in total. The van der Waals surface area contributed by atoms with E-state index < -0.39 is 5.97 Å². The van der Waals surface area contributed by atoms with Crippen LogP contribution in [0.2, 0.25) is 0 Å². The predicted octanol–water partition coefficient (Wildman–Crippen LogP) is 1.97. The van der Waals surface area contributed by atoms with Gasteiger partial charge in [-0.25, -0.2) is 4.79 Å². The second kappa shape index (κ2) is 6.27. The SMILES string of the molecule is CCCCOC(=O)c1c(C#N)cc(N)cc1C#N. The second-order valence-electron chi connectivity index (χ2n) is 3.70. The van der Waals surface area contributed by atoms with Crippen LogP contribution in [0.5, 0.6) is 0 Å². The van der Waals surface area contributed by atoms with Gasteiger partial charge in [0, 0.05) is 5.69 Å². The summed E-state index contributed by atoms with van der Waals surface area (Å²) in [5, 5.41) is 17.9. The van der Waals surface area contributed by atoms with E-state index in [1.165, 1.54) is 12.1 Å². The van der Waals surface area contributed by atoms with Gasteiger partial charge >= 0.3 is 5.97 Å². The molecular formula is C13H13N3O2. The first kappa shape index (κ1) is 13.5. The van der Waals surface area contributed by atoms with E-state index in [0.29, 0.717) is 0 Å². The van der Waals surface area contributed by atoms with Gasteiger partial charge in [0.2, 0.25) is 0 Å². The number of anilines is 1. The molecule has 0 aliphatic carbocycles. The highest BCUT2D eigenvalue weighted by Crippen LogP contribution is 2.19. The van der Waals surface area contributed by atoms with Gasteiger partial charge in [-0.05, 0) is 18.6 Å². The van der Waals surface area contributed by atoms with E-state index in [-0.39, 0.29) is 29.0 Å². The second-order valence-corrected chi connectivity index (χ2v) is 3.70. The first-order valence-electron chi connectivity index (χ1n) is 5.54. The van der Waals surface area contributed by atoms with Crippen molar-refractivity contribution >= 4 is 11.7 Å². The lowest BCUT2D eigenvalue weighted by atomic mass is 10.0. The van der Waals surface area contributed by atoms with Crippen LogP contribution >= 0.6 is 0 Å². The van der Waals surface area contributed by atoms with Crippen LogP contribution in [0, 0.1) is 22.7 Å². The zero-order valence-corrected chi connectivity index (χ0v) is 10.1. The Morgan fingerprint density at radius 3 is 2.33 bits per heavy atom. The third kappa shape index (κ3) is 2.99. The van der Waals surface area contributed by atoms with Gasteiger partial charge in [0.1, 0.15) is 12.1 Å². The van der Waals surface area contributed by atoms with E-state index >= 15 is 0 Å². The zero-order chi connectivity index (χ0) is 13.5. The number of rotatable bonds is 4. The maximum Gasteiger partial charge on any atom is 0.340 e. The number of nitrogens with two attached hydrogens (primary N) is 1. The molecule has 0 spiro atoms. The number of carbonyl (C=O) groups is 1. The Bertz CT molecular complexity index is 503. The summed E-state index contributed by atoms with van der Waals surface area (Å²) in [5.74, 6) is -0.656. The van der Waals surface area contributed by atoms with Crippen LogP contribution in [-0.4, -0.2) is 12.6 Å². The third-order valence-electron chi connectivity index (χ3n) is 2.34. The lowest BCUT2D eigenvalue weighted by Crippen LogP contribution is -2.11. The van der Waals surface area contributed by atoms with Crippen molar-refractivity contribution in [2.24, 2.45) is 0 Å². The van der Waals surface area contributed by atoms with Crippen molar-refractivity contribution < 1.29 is 9.53 Å². The predicted molar refractivity (Wildman–Crippen MR) is 65.5 cm³/mol. The number of nitrogen functional groups attached to an aromatic ring is 1. The van der Waals surface area contributed by atoms with Crippen molar-refractivity contribution in [1.29, 1.82) is 10.5 Å². The van der Waals surface area contributed by atoms with Crippen LogP contribution in [0.25, 0.3) is 0 Å². The third-order valence-corrected chi connectivity index (χ3v) is 2.34. The highest BCUT2D eigenvalue weighted by molar-refractivity contribution is 5.95. The van der Waals surface area contributed by atoms with Crippen LogP contribution < -0.4 is 5.73 Å². The molecule has 1 aromatic carbocycles. The summed E-state index contributed by atoms with van der Waals surface area (Å²) in [6.45, 7) is 2.24. The normalized spacial score (nSPS) is 9.28. The molecule has 92 valence electrons. The average Bonchev–Trinajstić information content (AvgIpc) is 2.37. The Morgan fingerprint density at radius 1 is 1.33 bits per heavy atom. The van der Waals surface area contributed by atoms with Crippen LogP contribution in [0.1, 0.15) is 41.3 Å². The van der Waals surface area contributed by atoms with Crippen molar-refractivity contribution in [3.8, 4) is 12.1 Å². The molecule has 1 aromatic rings. The molecule has 0 radical (unpaired) electrons. The summed E-state index contributed by atoms with van der Waals surface area (Å²) in [7, 11) is 0. The maximum absolute atomic E-state index is 11.8. The Hall–Kier alpha value is -2.53. The minimum absolute atomic E-state index is 0.00898. The van der Waals surface area contributed by atoms with Gasteiger partial charge in [-0.3, -0.25) is 0 Å². The monoisotopic (exact) mass is 243 g/mol. The number of benzene rings is 1. The standard InChI is InChI=1S/C13H13N3O2/c1-2-3-4-18-13(17)12-9(7-14)5-11(16)6-10(12)8-15/h5-6H,2-4,16H2,1H3. The number of nitrogens with zero attached hydrogens (tertiary/aromatic N) is 2. The molecule has 0 bridgehead atoms. The fraction of sp³-hybridized carbons (Fsp3) is 0.308. The summed E-state index contributed by atoms with van der Waals surface area (Å²) in [6.07, 6.45) is 1.63. The van der Waals surface area contributed by atoms with Crippen LogP contribution in [0.4, 0.5) is 5.69 Å². The highest BCUT2D eigenvalue weighted by atomic mass is 16.5. The number of ether oxygens (including phenoxy) is 1. The van der Waals surface area contributed by atoms with E-state index in [9.17, 15) is 4.79 Å². The Morgan fingerprint density at radius 2 is 1.89 bits per heavy atom. The number of unbranched alkanes of at least 4 members (excludes halogenated alkanes) is 1. The number of hydrogen-bond donors (Lipinski definition) is 1. The minimum Gasteiger partial charge on any atom is -0.462 e. The summed E-state index contributed by atoms with van der Waals surface area (Å²) >= 11 is 0. The summed E-state index contributed by atoms with van der Waals surface area (Å²) in [6, 6.07) is 6.42. The van der Waals surface area contributed by atoms with Gasteiger partial charge in [0.05, 0.1) is 23.3 Å². The molecule has 0 heterocycles. The zero-order valence-electron chi connectivity index (χ0n) is 10.1. The quantitative estimate of drug-likeness (QED) is 0.495. The van der Waals surface area contributed by atoms with E-state index in [0.717, 1.165) is 12.8 Å². The molecule has 0 unspecified atom stereocenters. The fourth-order valence-corrected chi connectivity index (χ4v) is 1.44. The van der Waals surface area contributed by atoms with Crippen LogP contribution in [-0.2, 0) is 4.74 Å². The van der Waals surface area contributed by atoms with Gasteiger partial charge < -0.3 is 10.5 Å². The lowest BCUT2D eigenvalue weighted by molar-refractivity contribution is 0.0499. The molecule has 5 heteroatoms. The Labute approximate surface area is 105 Å². The molecule has 0 aliphatic heterocycles. The van der Waals surface area contributed by atoms with E-state index in [2.05, 4.69) is 0 Å². The number of hydrogen-bond acceptors (Lipinski definition) is 5.